The van der Waals surface area contributed by atoms with Crippen molar-refractivity contribution in [1.29, 1.82) is 0 Å². The number of rotatable bonds is 3. The van der Waals surface area contributed by atoms with E-state index in [-0.39, 0.29) is 6.61 Å². The van der Waals surface area contributed by atoms with Crippen molar-refractivity contribution in [2.45, 2.75) is 32.0 Å². The maximum absolute atomic E-state index is 12.1. The van der Waals surface area contributed by atoms with Gasteiger partial charge in [-0.25, -0.2) is 4.79 Å². The molecule has 0 aliphatic rings. The predicted molar refractivity (Wildman–Crippen MR) is 39.9 cm³/mol. The van der Waals surface area contributed by atoms with Gasteiger partial charge in [0.2, 0.25) is 5.54 Å². The molecule has 0 amide bonds. The molecule has 1 unspecified atom stereocenters. The summed E-state index contributed by atoms with van der Waals surface area (Å²) in [5.41, 5.74) is 1.86. The lowest BCUT2D eigenvalue weighted by Gasteiger charge is -2.24. The minimum Gasteiger partial charge on any atom is -0.464 e. The Morgan fingerprint density at radius 2 is 1.92 bits per heavy atom. The number of carbonyl (C=O) groups is 1. The maximum Gasteiger partial charge on any atom is 0.416 e. The van der Waals surface area contributed by atoms with Crippen molar-refractivity contribution in [3.8, 4) is 0 Å². The minimum atomic E-state index is -4.78. The Labute approximate surface area is 74.0 Å². The molecule has 0 rings (SSSR count). The van der Waals surface area contributed by atoms with E-state index in [0.717, 1.165) is 0 Å². The smallest absolute Gasteiger partial charge is 0.416 e. The minimum absolute atomic E-state index is 0.0539. The molecule has 0 aromatic carbocycles. The summed E-state index contributed by atoms with van der Waals surface area (Å²) in [6, 6.07) is 0. The summed E-state index contributed by atoms with van der Waals surface area (Å²) in [5, 5.41) is 0. The second-order valence-electron chi connectivity index (χ2n) is 2.84. The fraction of sp³-hybridized carbons (Fsp3) is 0.857. The monoisotopic (exact) mass is 199 g/mol. The molecule has 0 aromatic heterocycles. The van der Waals surface area contributed by atoms with E-state index in [2.05, 4.69) is 4.74 Å². The molecule has 2 N–H and O–H groups in total. The number of alkyl halides is 3. The molecule has 0 heterocycles. The standard InChI is InChI=1S/C7H12F3NO2/c1-3-4-13-5(12)6(2,11)7(8,9)10/h3-4,11H2,1-2H3. The fourth-order valence-corrected chi connectivity index (χ4v) is 0.460. The number of esters is 1. The van der Waals surface area contributed by atoms with E-state index in [1.165, 1.54) is 0 Å². The Kier molecular flexibility index (Phi) is 3.71. The quantitative estimate of drug-likeness (QED) is 0.695. The van der Waals surface area contributed by atoms with Crippen molar-refractivity contribution in [2.24, 2.45) is 5.73 Å². The van der Waals surface area contributed by atoms with Crippen LogP contribution in [0.4, 0.5) is 13.2 Å². The lowest BCUT2D eigenvalue weighted by atomic mass is 10.0. The van der Waals surface area contributed by atoms with Crippen molar-refractivity contribution < 1.29 is 22.7 Å². The number of hydrogen-bond acceptors (Lipinski definition) is 3. The first-order chi connectivity index (χ1) is 5.73. The predicted octanol–water partition coefficient (Wildman–Crippen LogP) is 1.22. The summed E-state index contributed by atoms with van der Waals surface area (Å²) in [6.45, 7) is 2.21. The number of hydrogen-bond donors (Lipinski definition) is 1. The normalized spacial score (nSPS) is 16.5. The number of halogens is 3. The summed E-state index contributed by atoms with van der Waals surface area (Å²) < 4.78 is 40.6. The molecule has 0 aromatic rings. The second-order valence-corrected chi connectivity index (χ2v) is 2.84. The van der Waals surface area contributed by atoms with Gasteiger partial charge in [-0.1, -0.05) is 6.92 Å². The first-order valence-corrected chi connectivity index (χ1v) is 3.76. The van der Waals surface area contributed by atoms with E-state index in [1.54, 1.807) is 6.92 Å². The third-order valence-corrected chi connectivity index (χ3v) is 1.45. The molecule has 0 fully saturated rings. The first kappa shape index (κ1) is 12.2. The average Bonchev–Trinajstić information content (AvgIpc) is 1.97. The van der Waals surface area contributed by atoms with Crippen molar-refractivity contribution in [3.63, 3.8) is 0 Å². The van der Waals surface area contributed by atoms with Crippen LogP contribution in [0.15, 0.2) is 0 Å². The number of carbonyl (C=O) groups excluding carboxylic acids is 1. The van der Waals surface area contributed by atoms with E-state index in [9.17, 15) is 18.0 Å². The molecule has 0 spiro atoms. The van der Waals surface area contributed by atoms with Gasteiger partial charge in [-0.05, 0) is 13.3 Å². The zero-order valence-electron chi connectivity index (χ0n) is 7.44. The average molecular weight is 199 g/mol. The van der Waals surface area contributed by atoms with Gasteiger partial charge >= 0.3 is 12.1 Å². The first-order valence-electron chi connectivity index (χ1n) is 3.76. The van der Waals surface area contributed by atoms with E-state index >= 15 is 0 Å². The van der Waals surface area contributed by atoms with E-state index in [0.29, 0.717) is 13.3 Å². The largest absolute Gasteiger partial charge is 0.464 e. The van der Waals surface area contributed by atoms with Gasteiger partial charge in [-0.15, -0.1) is 0 Å². The Morgan fingerprint density at radius 3 is 2.23 bits per heavy atom. The lowest BCUT2D eigenvalue weighted by molar-refractivity contribution is -0.201. The van der Waals surface area contributed by atoms with Gasteiger partial charge in [0, 0.05) is 0 Å². The van der Waals surface area contributed by atoms with Gasteiger partial charge in [0.05, 0.1) is 6.61 Å². The van der Waals surface area contributed by atoms with Gasteiger partial charge in [0.15, 0.2) is 0 Å². The van der Waals surface area contributed by atoms with Crippen molar-refractivity contribution in [1.82, 2.24) is 0 Å². The Balaban J connectivity index is 4.37. The fourth-order valence-electron chi connectivity index (χ4n) is 0.460. The Bertz CT molecular complexity index is 189. The number of ether oxygens (including phenoxy) is 1. The molecule has 0 saturated carbocycles. The van der Waals surface area contributed by atoms with Crippen molar-refractivity contribution >= 4 is 5.97 Å². The van der Waals surface area contributed by atoms with Crippen molar-refractivity contribution in [3.05, 3.63) is 0 Å². The summed E-state index contributed by atoms with van der Waals surface area (Å²) in [4.78, 5) is 10.8. The lowest BCUT2D eigenvalue weighted by Crippen LogP contribution is -2.57. The van der Waals surface area contributed by atoms with Gasteiger partial charge < -0.3 is 10.5 Å². The Hall–Kier alpha value is -0.780. The van der Waals surface area contributed by atoms with Crippen LogP contribution >= 0.6 is 0 Å². The molecule has 0 aliphatic carbocycles. The molecule has 78 valence electrons. The van der Waals surface area contributed by atoms with Gasteiger partial charge in [-0.3, -0.25) is 0 Å². The van der Waals surface area contributed by atoms with Gasteiger partial charge in [-0.2, -0.15) is 13.2 Å². The summed E-state index contributed by atoms with van der Waals surface area (Å²) in [7, 11) is 0. The van der Waals surface area contributed by atoms with Crippen LogP contribution in [0.25, 0.3) is 0 Å². The van der Waals surface area contributed by atoms with Crippen LogP contribution in [0.2, 0.25) is 0 Å². The summed E-state index contributed by atoms with van der Waals surface area (Å²) in [6.07, 6.45) is -4.32. The molecule has 0 aliphatic heterocycles. The van der Waals surface area contributed by atoms with Crippen LogP contribution in [0.5, 0.6) is 0 Å². The molecule has 1 atom stereocenters. The molecule has 0 bridgehead atoms. The highest BCUT2D eigenvalue weighted by atomic mass is 19.4. The zero-order chi connectivity index (χ0) is 10.7. The van der Waals surface area contributed by atoms with Crippen LogP contribution in [0, 0.1) is 0 Å². The molecule has 13 heavy (non-hydrogen) atoms. The molecule has 3 nitrogen and oxygen atoms in total. The topological polar surface area (TPSA) is 52.3 Å². The summed E-state index contributed by atoms with van der Waals surface area (Å²) >= 11 is 0. The highest BCUT2D eigenvalue weighted by molar-refractivity contribution is 5.81. The van der Waals surface area contributed by atoms with Crippen LogP contribution in [-0.4, -0.2) is 24.3 Å². The molecule has 0 radical (unpaired) electrons. The van der Waals surface area contributed by atoms with E-state index in [4.69, 9.17) is 5.73 Å². The van der Waals surface area contributed by atoms with Crippen LogP contribution in [0.1, 0.15) is 20.3 Å². The van der Waals surface area contributed by atoms with Crippen molar-refractivity contribution in [2.75, 3.05) is 6.61 Å². The Morgan fingerprint density at radius 1 is 1.46 bits per heavy atom. The number of nitrogens with two attached hydrogens (primary N) is 1. The third-order valence-electron chi connectivity index (χ3n) is 1.45. The SMILES string of the molecule is CCCOC(=O)C(C)(N)C(F)(F)F. The van der Waals surface area contributed by atoms with Gasteiger partial charge in [0.25, 0.3) is 0 Å². The summed E-state index contributed by atoms with van der Waals surface area (Å²) in [5.74, 6) is -1.44. The van der Waals surface area contributed by atoms with Gasteiger partial charge in [0.1, 0.15) is 0 Å². The van der Waals surface area contributed by atoms with E-state index < -0.39 is 17.7 Å². The zero-order valence-corrected chi connectivity index (χ0v) is 7.44. The highest BCUT2D eigenvalue weighted by Crippen LogP contribution is 2.28. The van der Waals surface area contributed by atoms with E-state index in [1.807, 2.05) is 0 Å². The molecule has 6 heteroatoms. The molecular formula is C7H12F3NO2. The van der Waals surface area contributed by atoms with Crippen LogP contribution in [0.3, 0.4) is 0 Å². The molecule has 0 saturated heterocycles. The molecular weight excluding hydrogens is 187 g/mol. The second kappa shape index (κ2) is 3.95. The van der Waals surface area contributed by atoms with Crippen LogP contribution in [-0.2, 0) is 9.53 Å². The third kappa shape index (κ3) is 2.87. The van der Waals surface area contributed by atoms with Crippen LogP contribution < -0.4 is 5.73 Å². The maximum atomic E-state index is 12.1. The highest BCUT2D eigenvalue weighted by Gasteiger charge is 2.55.